The van der Waals surface area contributed by atoms with Crippen molar-refractivity contribution in [2.45, 2.75) is 65.2 Å². The Kier molecular flexibility index (Phi) is 4.58. The van der Waals surface area contributed by atoms with Gasteiger partial charge in [-0.3, -0.25) is 9.59 Å². The molecule has 2 bridgehead atoms. The van der Waals surface area contributed by atoms with Crippen LogP contribution in [0.2, 0.25) is 0 Å². The van der Waals surface area contributed by atoms with Crippen molar-refractivity contribution < 1.29 is 9.59 Å². The Morgan fingerprint density at radius 3 is 2.11 bits per heavy atom. The molecule has 0 aromatic carbocycles. The average Bonchev–Trinajstić information content (AvgIpc) is 2.93. The summed E-state index contributed by atoms with van der Waals surface area (Å²) in [6, 6.07) is 0. The Morgan fingerprint density at radius 1 is 1.06 bits per heavy atom. The van der Waals surface area contributed by atoms with Crippen LogP contribution in [-0.2, 0) is 9.59 Å². The van der Waals surface area contributed by atoms with Crippen molar-refractivity contribution in [3.8, 4) is 0 Å². The molecule has 102 valence electrons. The minimum Gasteiger partial charge on any atom is -0.300 e. The molecule has 3 aliphatic rings. The molecule has 0 heterocycles. The maximum atomic E-state index is 11.1. The first kappa shape index (κ1) is 13.8. The predicted molar refractivity (Wildman–Crippen MR) is 72.3 cm³/mol. The first-order chi connectivity index (χ1) is 8.67. The van der Waals surface area contributed by atoms with Gasteiger partial charge in [-0.15, -0.1) is 0 Å². The van der Waals surface area contributed by atoms with Crippen molar-refractivity contribution in [3.63, 3.8) is 0 Å². The molecule has 0 aromatic rings. The molecule has 3 saturated carbocycles. The molecule has 2 heteroatoms. The van der Waals surface area contributed by atoms with Gasteiger partial charge in [0.2, 0.25) is 0 Å². The summed E-state index contributed by atoms with van der Waals surface area (Å²) >= 11 is 0. The van der Waals surface area contributed by atoms with E-state index >= 15 is 0 Å². The smallest absolute Gasteiger partial charge is 0.139 e. The molecular weight excluding hydrogens is 224 g/mol. The summed E-state index contributed by atoms with van der Waals surface area (Å²) < 4.78 is 0. The van der Waals surface area contributed by atoms with E-state index in [9.17, 15) is 9.59 Å². The monoisotopic (exact) mass is 250 g/mol. The van der Waals surface area contributed by atoms with E-state index in [-0.39, 0.29) is 0 Å². The van der Waals surface area contributed by atoms with Crippen LogP contribution in [0.15, 0.2) is 0 Å². The van der Waals surface area contributed by atoms with Gasteiger partial charge in [-0.2, -0.15) is 0 Å². The van der Waals surface area contributed by atoms with Crippen LogP contribution >= 0.6 is 0 Å². The molecular formula is C16H26O2. The number of ketones is 2. The second-order valence-electron chi connectivity index (χ2n) is 6.24. The topological polar surface area (TPSA) is 34.1 Å². The van der Waals surface area contributed by atoms with Crippen LogP contribution < -0.4 is 0 Å². The number of carbonyl (C=O) groups excluding carboxylic acids is 2. The van der Waals surface area contributed by atoms with Gasteiger partial charge in [0.1, 0.15) is 11.6 Å². The lowest BCUT2D eigenvalue weighted by atomic mass is 9.63. The third-order valence-electron chi connectivity index (χ3n) is 4.88. The SMILES string of the molecule is CCCCC(=O)CCC.O=C1C2CC3CC1C2C3. The molecule has 2 unspecified atom stereocenters. The summed E-state index contributed by atoms with van der Waals surface area (Å²) in [6.45, 7) is 4.16. The van der Waals surface area contributed by atoms with Crippen molar-refractivity contribution in [2.75, 3.05) is 0 Å². The van der Waals surface area contributed by atoms with Gasteiger partial charge in [0, 0.05) is 24.7 Å². The summed E-state index contributed by atoms with van der Waals surface area (Å²) in [7, 11) is 0. The van der Waals surface area contributed by atoms with Gasteiger partial charge < -0.3 is 0 Å². The number of hydrogen-bond donors (Lipinski definition) is 0. The van der Waals surface area contributed by atoms with E-state index in [1.54, 1.807) is 0 Å². The van der Waals surface area contributed by atoms with Crippen LogP contribution in [0.3, 0.4) is 0 Å². The fraction of sp³-hybridized carbons (Fsp3) is 0.875. The van der Waals surface area contributed by atoms with E-state index in [4.69, 9.17) is 0 Å². The van der Waals surface area contributed by atoms with Crippen molar-refractivity contribution >= 4 is 11.6 Å². The molecule has 0 aliphatic heterocycles. The summed E-state index contributed by atoms with van der Waals surface area (Å²) in [5.74, 6) is 3.96. The average molecular weight is 250 g/mol. The number of carbonyl (C=O) groups is 2. The summed E-state index contributed by atoms with van der Waals surface area (Å²) in [6.07, 6.45) is 8.67. The first-order valence-electron chi connectivity index (χ1n) is 7.72. The molecule has 0 N–H and O–H groups in total. The molecule has 2 nitrogen and oxygen atoms in total. The van der Waals surface area contributed by atoms with Crippen LogP contribution in [0.5, 0.6) is 0 Å². The third-order valence-corrected chi connectivity index (χ3v) is 4.88. The lowest BCUT2D eigenvalue weighted by Crippen LogP contribution is -2.45. The van der Waals surface area contributed by atoms with Crippen molar-refractivity contribution in [2.24, 2.45) is 23.7 Å². The number of Topliss-reactive ketones (excluding diaryl/α,β-unsaturated/α-hetero) is 2. The van der Waals surface area contributed by atoms with Crippen molar-refractivity contribution in [1.82, 2.24) is 0 Å². The Labute approximate surface area is 111 Å². The van der Waals surface area contributed by atoms with Crippen molar-refractivity contribution in [1.29, 1.82) is 0 Å². The van der Waals surface area contributed by atoms with Crippen molar-refractivity contribution in [3.05, 3.63) is 0 Å². The highest BCUT2D eigenvalue weighted by atomic mass is 16.1. The zero-order valence-corrected chi connectivity index (χ0v) is 11.8. The van der Waals surface area contributed by atoms with Gasteiger partial charge in [0.05, 0.1) is 0 Å². The summed E-state index contributed by atoms with van der Waals surface area (Å²) in [4.78, 5) is 21.9. The minimum absolute atomic E-state index is 0.430. The standard InChI is InChI=1S/C8H10O.C8H16O/c9-8-6-2-4-1-5(6)7(8)3-4;1-3-5-7-8(9)6-4-2/h4-7H,1-3H2;3-7H2,1-2H3. The molecule has 0 spiro atoms. The Bertz CT molecular complexity index is 305. The van der Waals surface area contributed by atoms with Crippen LogP contribution in [0.1, 0.15) is 65.2 Å². The highest BCUT2D eigenvalue weighted by molar-refractivity contribution is 5.91. The fourth-order valence-electron chi connectivity index (χ4n) is 3.94. The Morgan fingerprint density at radius 2 is 1.72 bits per heavy atom. The normalized spacial score (nSPS) is 34.9. The zero-order chi connectivity index (χ0) is 13.1. The second-order valence-corrected chi connectivity index (χ2v) is 6.24. The van der Waals surface area contributed by atoms with E-state index in [2.05, 4.69) is 6.92 Å². The second kappa shape index (κ2) is 5.99. The Balaban J connectivity index is 0.000000134. The van der Waals surface area contributed by atoms with Gasteiger partial charge in [-0.1, -0.05) is 20.3 Å². The zero-order valence-electron chi connectivity index (χ0n) is 11.8. The number of unbranched alkanes of at least 4 members (excludes halogenated alkanes) is 1. The van der Waals surface area contributed by atoms with Crippen LogP contribution in [-0.4, -0.2) is 11.6 Å². The molecule has 0 radical (unpaired) electrons. The highest BCUT2D eigenvalue weighted by Gasteiger charge is 2.60. The first-order valence-corrected chi connectivity index (χ1v) is 7.72. The molecule has 3 aliphatic carbocycles. The summed E-state index contributed by atoms with van der Waals surface area (Å²) in [5.41, 5.74) is 0. The van der Waals surface area contributed by atoms with E-state index in [1.807, 2.05) is 6.92 Å². The molecule has 0 saturated heterocycles. The lowest BCUT2D eigenvalue weighted by molar-refractivity contribution is -0.142. The predicted octanol–water partition coefficient (Wildman–Crippen LogP) is 3.78. The lowest BCUT2D eigenvalue weighted by Gasteiger charge is -2.39. The molecule has 18 heavy (non-hydrogen) atoms. The van der Waals surface area contributed by atoms with Crippen LogP contribution in [0.4, 0.5) is 0 Å². The van der Waals surface area contributed by atoms with Gasteiger partial charge in [-0.05, 0) is 43.9 Å². The largest absolute Gasteiger partial charge is 0.300 e. The van der Waals surface area contributed by atoms with Gasteiger partial charge >= 0.3 is 0 Å². The number of hydrogen-bond acceptors (Lipinski definition) is 2. The van der Waals surface area contributed by atoms with Crippen LogP contribution in [0, 0.1) is 23.7 Å². The van der Waals surface area contributed by atoms with E-state index < -0.39 is 0 Å². The number of rotatable bonds is 5. The van der Waals surface area contributed by atoms with Crippen LogP contribution in [0.25, 0.3) is 0 Å². The Hall–Kier alpha value is -0.660. The maximum absolute atomic E-state index is 11.1. The van der Waals surface area contributed by atoms with E-state index in [1.165, 1.54) is 19.3 Å². The highest BCUT2D eigenvalue weighted by Crippen LogP contribution is 2.60. The third kappa shape index (κ3) is 2.67. The van der Waals surface area contributed by atoms with E-state index in [0.29, 0.717) is 23.4 Å². The molecule has 0 amide bonds. The molecule has 2 atom stereocenters. The molecule has 0 aromatic heterocycles. The maximum Gasteiger partial charge on any atom is 0.139 e. The quantitative estimate of drug-likeness (QED) is 0.744. The number of fused-ring (bicyclic) bond motifs is 1. The molecule has 3 rings (SSSR count). The van der Waals surface area contributed by atoms with Gasteiger partial charge in [-0.25, -0.2) is 0 Å². The minimum atomic E-state index is 0.430. The fourth-order valence-corrected chi connectivity index (χ4v) is 3.94. The summed E-state index contributed by atoms with van der Waals surface area (Å²) in [5, 5.41) is 0. The van der Waals surface area contributed by atoms with Gasteiger partial charge in [0.15, 0.2) is 0 Å². The van der Waals surface area contributed by atoms with E-state index in [0.717, 1.165) is 43.9 Å². The van der Waals surface area contributed by atoms with Gasteiger partial charge in [0.25, 0.3) is 0 Å². The molecule has 3 fully saturated rings.